The zero-order valence-corrected chi connectivity index (χ0v) is 12.8. The van der Waals surface area contributed by atoms with Gasteiger partial charge in [0.2, 0.25) is 0 Å². The molecule has 6 heteroatoms. The molecular weight excluding hydrogens is 286 g/mol. The number of hydrogen-bond acceptors (Lipinski definition) is 3. The first kappa shape index (κ1) is 16.0. The molecule has 0 aliphatic carbocycles. The SMILES string of the molecule is NCC#Cc1cccc(CNS(=O)(=O)N2CCCCC2)c1. The average Bonchev–Trinajstić information content (AvgIpc) is 2.52. The van der Waals surface area contributed by atoms with E-state index in [1.54, 1.807) is 0 Å². The molecule has 3 N–H and O–H groups in total. The highest BCUT2D eigenvalue weighted by Crippen LogP contribution is 2.12. The van der Waals surface area contributed by atoms with Crippen molar-refractivity contribution in [1.82, 2.24) is 9.03 Å². The standard InChI is InChI=1S/C15H21N3O2S/c16-9-5-8-14-6-4-7-15(12-14)13-17-21(19,20)18-10-2-1-3-11-18/h4,6-7,12,17H,1-3,9-11,13,16H2. The van der Waals surface area contributed by atoms with Gasteiger partial charge in [-0.2, -0.15) is 17.4 Å². The lowest BCUT2D eigenvalue weighted by Gasteiger charge is -2.25. The molecule has 5 nitrogen and oxygen atoms in total. The molecule has 0 unspecified atom stereocenters. The van der Waals surface area contributed by atoms with Crippen molar-refractivity contribution in [1.29, 1.82) is 0 Å². The van der Waals surface area contributed by atoms with Gasteiger partial charge in [-0.1, -0.05) is 30.4 Å². The zero-order chi connectivity index (χ0) is 15.1. The lowest BCUT2D eigenvalue weighted by Crippen LogP contribution is -2.43. The Morgan fingerprint density at radius 3 is 2.71 bits per heavy atom. The number of nitrogens with two attached hydrogens (primary N) is 1. The van der Waals surface area contributed by atoms with Crippen LogP contribution in [0.25, 0.3) is 0 Å². The van der Waals surface area contributed by atoms with E-state index in [1.165, 1.54) is 4.31 Å². The second kappa shape index (κ2) is 7.57. The molecule has 0 bridgehead atoms. The lowest BCUT2D eigenvalue weighted by molar-refractivity contribution is 0.341. The van der Waals surface area contributed by atoms with Crippen LogP contribution >= 0.6 is 0 Å². The number of piperidine rings is 1. The molecule has 114 valence electrons. The minimum Gasteiger partial charge on any atom is -0.320 e. The number of nitrogens with one attached hydrogen (secondary N) is 1. The molecule has 0 amide bonds. The highest BCUT2D eigenvalue weighted by atomic mass is 32.2. The summed E-state index contributed by atoms with van der Waals surface area (Å²) >= 11 is 0. The van der Waals surface area contributed by atoms with Crippen LogP contribution < -0.4 is 10.5 Å². The Balaban J connectivity index is 1.98. The molecule has 2 rings (SSSR count). The molecule has 0 spiro atoms. The molecule has 1 aliphatic heterocycles. The summed E-state index contributed by atoms with van der Waals surface area (Å²) in [5, 5.41) is 0. The predicted molar refractivity (Wildman–Crippen MR) is 83.6 cm³/mol. The van der Waals surface area contributed by atoms with Crippen molar-refractivity contribution in [3.63, 3.8) is 0 Å². The fourth-order valence-electron chi connectivity index (χ4n) is 2.28. The van der Waals surface area contributed by atoms with Gasteiger partial charge in [-0.05, 0) is 30.5 Å². The van der Waals surface area contributed by atoms with E-state index in [0.29, 0.717) is 19.6 Å². The number of hydrogen-bond donors (Lipinski definition) is 2. The van der Waals surface area contributed by atoms with Crippen LogP contribution in [0.3, 0.4) is 0 Å². The first-order valence-corrected chi connectivity index (χ1v) is 8.58. The second-order valence-corrected chi connectivity index (χ2v) is 6.75. The molecule has 0 atom stereocenters. The monoisotopic (exact) mass is 307 g/mol. The van der Waals surface area contributed by atoms with E-state index < -0.39 is 10.2 Å². The largest absolute Gasteiger partial charge is 0.320 e. The summed E-state index contributed by atoms with van der Waals surface area (Å²) in [6, 6.07) is 7.50. The molecule has 0 saturated carbocycles. The third-order valence-corrected chi connectivity index (χ3v) is 4.93. The van der Waals surface area contributed by atoms with E-state index in [2.05, 4.69) is 16.6 Å². The molecule has 1 fully saturated rings. The zero-order valence-electron chi connectivity index (χ0n) is 12.0. The van der Waals surface area contributed by atoms with Gasteiger partial charge in [0.15, 0.2) is 0 Å². The first-order chi connectivity index (χ1) is 10.1. The predicted octanol–water partition coefficient (Wildman–Crippen LogP) is 0.817. The average molecular weight is 307 g/mol. The molecule has 1 aromatic rings. The fraction of sp³-hybridized carbons (Fsp3) is 0.467. The Kier molecular flexibility index (Phi) is 5.76. The Hall–Kier alpha value is -1.39. The molecule has 21 heavy (non-hydrogen) atoms. The van der Waals surface area contributed by atoms with Crippen LogP contribution in [0.5, 0.6) is 0 Å². The van der Waals surface area contributed by atoms with Crippen molar-refractivity contribution in [2.45, 2.75) is 25.8 Å². The third kappa shape index (κ3) is 4.83. The fourth-order valence-corrected chi connectivity index (χ4v) is 3.55. The highest BCUT2D eigenvalue weighted by Gasteiger charge is 2.23. The maximum Gasteiger partial charge on any atom is 0.279 e. The van der Waals surface area contributed by atoms with Crippen molar-refractivity contribution < 1.29 is 8.42 Å². The van der Waals surface area contributed by atoms with Gasteiger partial charge in [0.05, 0.1) is 6.54 Å². The van der Waals surface area contributed by atoms with E-state index in [1.807, 2.05) is 24.3 Å². The Labute approximate surface area is 126 Å². The Morgan fingerprint density at radius 2 is 2.00 bits per heavy atom. The smallest absolute Gasteiger partial charge is 0.279 e. The highest BCUT2D eigenvalue weighted by molar-refractivity contribution is 7.87. The van der Waals surface area contributed by atoms with Gasteiger partial charge in [0.25, 0.3) is 10.2 Å². The number of benzene rings is 1. The van der Waals surface area contributed by atoms with E-state index in [9.17, 15) is 8.42 Å². The van der Waals surface area contributed by atoms with Crippen LogP contribution in [-0.4, -0.2) is 32.4 Å². The van der Waals surface area contributed by atoms with Gasteiger partial charge >= 0.3 is 0 Å². The first-order valence-electron chi connectivity index (χ1n) is 7.14. The lowest BCUT2D eigenvalue weighted by atomic mass is 10.1. The third-order valence-electron chi connectivity index (χ3n) is 3.38. The van der Waals surface area contributed by atoms with Crippen LogP contribution in [0.2, 0.25) is 0 Å². The van der Waals surface area contributed by atoms with Gasteiger partial charge in [-0.15, -0.1) is 0 Å². The Bertz CT molecular complexity index is 626. The maximum atomic E-state index is 12.2. The minimum absolute atomic E-state index is 0.275. The van der Waals surface area contributed by atoms with Crippen molar-refractivity contribution in [2.24, 2.45) is 5.73 Å². The summed E-state index contributed by atoms with van der Waals surface area (Å²) in [5.74, 6) is 5.73. The molecule has 0 aromatic heterocycles. The Morgan fingerprint density at radius 1 is 1.24 bits per heavy atom. The van der Waals surface area contributed by atoms with Crippen LogP contribution in [-0.2, 0) is 16.8 Å². The van der Waals surface area contributed by atoms with E-state index in [-0.39, 0.29) is 6.54 Å². The quantitative estimate of drug-likeness (QED) is 0.809. The van der Waals surface area contributed by atoms with Gasteiger partial charge < -0.3 is 5.73 Å². The van der Waals surface area contributed by atoms with Gasteiger partial charge in [0.1, 0.15) is 0 Å². The van der Waals surface area contributed by atoms with Crippen LogP contribution in [0.4, 0.5) is 0 Å². The van der Waals surface area contributed by atoms with Crippen molar-refractivity contribution in [3.05, 3.63) is 35.4 Å². The molecule has 1 aromatic carbocycles. The summed E-state index contributed by atoms with van der Waals surface area (Å²) in [4.78, 5) is 0. The maximum absolute atomic E-state index is 12.2. The normalized spacial score (nSPS) is 16.2. The van der Waals surface area contributed by atoms with Gasteiger partial charge in [-0.25, -0.2) is 0 Å². The van der Waals surface area contributed by atoms with Crippen molar-refractivity contribution in [2.75, 3.05) is 19.6 Å². The minimum atomic E-state index is -3.38. The van der Waals surface area contributed by atoms with E-state index >= 15 is 0 Å². The van der Waals surface area contributed by atoms with Gasteiger partial charge in [-0.3, -0.25) is 0 Å². The van der Waals surface area contributed by atoms with E-state index in [4.69, 9.17) is 5.73 Å². The summed E-state index contributed by atoms with van der Waals surface area (Å²) in [6.07, 6.45) is 2.98. The molecule has 1 saturated heterocycles. The molecule has 1 heterocycles. The van der Waals surface area contributed by atoms with Crippen LogP contribution in [0.15, 0.2) is 24.3 Å². The summed E-state index contributed by atoms with van der Waals surface area (Å²) in [6.45, 7) is 1.80. The van der Waals surface area contributed by atoms with Crippen LogP contribution in [0, 0.1) is 11.8 Å². The summed E-state index contributed by atoms with van der Waals surface area (Å²) < 4.78 is 28.5. The summed E-state index contributed by atoms with van der Waals surface area (Å²) in [5.41, 5.74) is 7.07. The molecule has 0 radical (unpaired) electrons. The topological polar surface area (TPSA) is 75.4 Å². The number of nitrogens with zero attached hydrogens (tertiary/aromatic N) is 1. The molecule has 1 aliphatic rings. The molecular formula is C15H21N3O2S. The van der Waals surface area contributed by atoms with Crippen LogP contribution in [0.1, 0.15) is 30.4 Å². The summed E-state index contributed by atoms with van der Waals surface area (Å²) in [7, 11) is -3.38. The van der Waals surface area contributed by atoms with Gasteiger partial charge in [0, 0.05) is 25.2 Å². The second-order valence-electron chi connectivity index (χ2n) is 4.99. The van der Waals surface area contributed by atoms with Crippen molar-refractivity contribution >= 4 is 10.2 Å². The van der Waals surface area contributed by atoms with E-state index in [0.717, 1.165) is 30.4 Å². The van der Waals surface area contributed by atoms with Crippen molar-refractivity contribution in [3.8, 4) is 11.8 Å². The number of rotatable bonds is 4.